The fourth-order valence-corrected chi connectivity index (χ4v) is 2.39. The van der Waals surface area contributed by atoms with Crippen LogP contribution in [0.15, 0.2) is 76.4 Å². The number of aromatic nitrogens is 2. The summed E-state index contributed by atoms with van der Waals surface area (Å²) in [6.45, 7) is 2.13. The number of nitrogens with one attached hydrogen (secondary N) is 2. The minimum Gasteiger partial charge on any atom is -0.353 e. The molecule has 2 N–H and O–H groups in total. The molecular formula is C19H19N3O3. The summed E-state index contributed by atoms with van der Waals surface area (Å²) in [6.07, 6.45) is 0.949. The maximum atomic E-state index is 12.1. The summed E-state index contributed by atoms with van der Waals surface area (Å²) >= 11 is 0. The molecule has 0 aliphatic carbocycles. The van der Waals surface area contributed by atoms with Crippen LogP contribution in [0.1, 0.15) is 18.7 Å². The summed E-state index contributed by atoms with van der Waals surface area (Å²) < 4.78 is 7.11. The van der Waals surface area contributed by atoms with Gasteiger partial charge in [0.25, 0.3) is 5.56 Å². The van der Waals surface area contributed by atoms with Gasteiger partial charge in [-0.2, -0.15) is 0 Å². The van der Waals surface area contributed by atoms with Crippen molar-refractivity contribution in [1.29, 1.82) is 0 Å². The van der Waals surface area contributed by atoms with E-state index in [1.807, 2.05) is 60.7 Å². The Morgan fingerprint density at radius 1 is 1.04 bits per heavy atom. The van der Waals surface area contributed by atoms with Gasteiger partial charge in [-0.25, -0.2) is 4.79 Å². The van der Waals surface area contributed by atoms with Crippen LogP contribution in [-0.4, -0.2) is 9.55 Å². The molecule has 6 nitrogen and oxygen atoms in total. The number of ether oxygens (including phenoxy) is 1. The molecule has 0 saturated heterocycles. The number of benzene rings is 2. The molecule has 0 bridgehead atoms. The van der Waals surface area contributed by atoms with E-state index in [4.69, 9.17) is 4.74 Å². The summed E-state index contributed by atoms with van der Waals surface area (Å²) in [7, 11) is 0. The van der Waals surface area contributed by atoms with Gasteiger partial charge in [0.05, 0.1) is 6.61 Å². The number of nitrogens with zero attached hydrogens (tertiary/aromatic N) is 1. The monoisotopic (exact) mass is 337 g/mol. The molecule has 0 spiro atoms. The maximum Gasteiger partial charge on any atom is 0.330 e. The molecule has 1 aromatic heterocycles. The van der Waals surface area contributed by atoms with Gasteiger partial charge in [-0.1, -0.05) is 48.5 Å². The Hall–Kier alpha value is -3.12. The SMILES string of the molecule is C[C@H](OCc1ccccc1)n1cc(Nc2ccccc2)c(=O)[nH]c1=O. The van der Waals surface area contributed by atoms with Crippen molar-refractivity contribution >= 4 is 11.4 Å². The van der Waals surface area contributed by atoms with Gasteiger partial charge in [-0.15, -0.1) is 0 Å². The Morgan fingerprint density at radius 3 is 2.36 bits per heavy atom. The second kappa shape index (κ2) is 7.63. The zero-order valence-corrected chi connectivity index (χ0v) is 13.8. The van der Waals surface area contributed by atoms with Crippen molar-refractivity contribution in [3.8, 4) is 0 Å². The van der Waals surface area contributed by atoms with Crippen LogP contribution in [-0.2, 0) is 11.3 Å². The lowest BCUT2D eigenvalue weighted by Crippen LogP contribution is -2.33. The molecule has 3 rings (SSSR count). The number of rotatable bonds is 6. The third-order valence-electron chi connectivity index (χ3n) is 3.75. The van der Waals surface area contributed by atoms with Crippen LogP contribution in [0.3, 0.4) is 0 Å². The first-order chi connectivity index (χ1) is 12.1. The lowest BCUT2D eigenvalue weighted by atomic mass is 10.2. The fourth-order valence-electron chi connectivity index (χ4n) is 2.39. The van der Waals surface area contributed by atoms with Crippen LogP contribution < -0.4 is 16.6 Å². The van der Waals surface area contributed by atoms with Crippen molar-refractivity contribution < 1.29 is 4.74 Å². The molecule has 2 aromatic carbocycles. The predicted octanol–water partition coefficient (Wildman–Crippen LogP) is 3.02. The molecule has 3 aromatic rings. The molecule has 1 heterocycles. The molecule has 6 heteroatoms. The first-order valence-corrected chi connectivity index (χ1v) is 7.96. The van der Waals surface area contributed by atoms with E-state index in [9.17, 15) is 9.59 Å². The predicted molar refractivity (Wildman–Crippen MR) is 97.0 cm³/mol. The van der Waals surface area contributed by atoms with Crippen LogP contribution in [0.25, 0.3) is 0 Å². The Morgan fingerprint density at radius 2 is 1.68 bits per heavy atom. The second-order valence-corrected chi connectivity index (χ2v) is 5.60. The summed E-state index contributed by atoms with van der Waals surface area (Å²) in [5.41, 5.74) is 1.07. The zero-order chi connectivity index (χ0) is 17.6. The van der Waals surface area contributed by atoms with E-state index >= 15 is 0 Å². The summed E-state index contributed by atoms with van der Waals surface area (Å²) in [5, 5.41) is 3.01. The van der Waals surface area contributed by atoms with E-state index in [1.54, 1.807) is 6.92 Å². The smallest absolute Gasteiger partial charge is 0.330 e. The number of anilines is 2. The summed E-state index contributed by atoms with van der Waals surface area (Å²) in [5.74, 6) is 0. The Kier molecular flexibility index (Phi) is 5.11. The average Bonchev–Trinajstić information content (AvgIpc) is 2.64. The van der Waals surface area contributed by atoms with E-state index < -0.39 is 17.5 Å². The third-order valence-corrected chi connectivity index (χ3v) is 3.75. The van der Waals surface area contributed by atoms with Gasteiger partial charge in [0.15, 0.2) is 0 Å². The average molecular weight is 337 g/mol. The molecule has 128 valence electrons. The van der Waals surface area contributed by atoms with Gasteiger partial charge in [0.2, 0.25) is 0 Å². The normalized spacial score (nSPS) is 11.9. The molecule has 0 aliphatic rings. The van der Waals surface area contributed by atoms with Crippen molar-refractivity contribution in [2.24, 2.45) is 0 Å². The van der Waals surface area contributed by atoms with Crippen molar-refractivity contribution in [1.82, 2.24) is 9.55 Å². The summed E-state index contributed by atoms with van der Waals surface area (Å²) in [6, 6.07) is 19.0. The largest absolute Gasteiger partial charge is 0.353 e. The number of para-hydroxylation sites is 1. The van der Waals surface area contributed by atoms with Gasteiger partial charge in [0.1, 0.15) is 11.9 Å². The Labute approximate surface area is 144 Å². The van der Waals surface area contributed by atoms with Crippen LogP contribution in [0.4, 0.5) is 11.4 Å². The van der Waals surface area contributed by atoms with Gasteiger partial charge < -0.3 is 10.1 Å². The number of hydrogen-bond acceptors (Lipinski definition) is 4. The standard InChI is InChI=1S/C19H19N3O3/c1-14(25-13-15-8-4-2-5-9-15)22-12-17(18(23)21-19(22)24)20-16-10-6-3-7-11-16/h2-12,14,20H,13H2,1H3,(H,21,23,24)/t14-/m0/s1. The Bertz CT molecular complexity index is 933. The van der Waals surface area contributed by atoms with E-state index in [2.05, 4.69) is 10.3 Å². The molecule has 0 aliphatic heterocycles. The number of aromatic amines is 1. The number of H-pyrrole nitrogens is 1. The van der Waals surface area contributed by atoms with Crippen LogP contribution in [0.2, 0.25) is 0 Å². The van der Waals surface area contributed by atoms with Crippen molar-refractivity contribution in [2.75, 3.05) is 5.32 Å². The molecular weight excluding hydrogens is 318 g/mol. The molecule has 1 atom stereocenters. The molecule has 0 unspecified atom stereocenters. The first-order valence-electron chi connectivity index (χ1n) is 7.96. The maximum absolute atomic E-state index is 12.1. The van der Waals surface area contributed by atoms with Crippen LogP contribution >= 0.6 is 0 Å². The fraction of sp³-hybridized carbons (Fsp3) is 0.158. The van der Waals surface area contributed by atoms with Crippen LogP contribution in [0.5, 0.6) is 0 Å². The number of hydrogen-bond donors (Lipinski definition) is 2. The van der Waals surface area contributed by atoms with Gasteiger partial charge >= 0.3 is 5.69 Å². The highest BCUT2D eigenvalue weighted by molar-refractivity contribution is 5.57. The van der Waals surface area contributed by atoms with E-state index in [0.717, 1.165) is 11.3 Å². The van der Waals surface area contributed by atoms with E-state index in [1.165, 1.54) is 10.8 Å². The zero-order valence-electron chi connectivity index (χ0n) is 13.8. The topological polar surface area (TPSA) is 76.1 Å². The first kappa shape index (κ1) is 16.7. The molecule has 0 fully saturated rings. The lowest BCUT2D eigenvalue weighted by molar-refractivity contribution is 0.000947. The van der Waals surface area contributed by atoms with Crippen molar-refractivity contribution in [3.63, 3.8) is 0 Å². The minimum atomic E-state index is -0.527. The van der Waals surface area contributed by atoms with Gasteiger partial charge in [0, 0.05) is 11.9 Å². The van der Waals surface area contributed by atoms with Crippen LogP contribution in [0, 0.1) is 0 Å². The molecule has 0 radical (unpaired) electrons. The molecule has 25 heavy (non-hydrogen) atoms. The minimum absolute atomic E-state index is 0.279. The van der Waals surface area contributed by atoms with Crippen molar-refractivity contribution in [2.45, 2.75) is 19.8 Å². The third kappa shape index (κ3) is 4.24. The Balaban J connectivity index is 1.79. The highest BCUT2D eigenvalue weighted by Crippen LogP contribution is 2.14. The summed E-state index contributed by atoms with van der Waals surface area (Å²) in [4.78, 5) is 26.4. The molecule has 0 amide bonds. The van der Waals surface area contributed by atoms with Gasteiger partial charge in [-0.05, 0) is 24.6 Å². The van der Waals surface area contributed by atoms with E-state index in [-0.39, 0.29) is 5.69 Å². The van der Waals surface area contributed by atoms with Crippen molar-refractivity contribution in [3.05, 3.63) is 93.3 Å². The molecule has 0 saturated carbocycles. The second-order valence-electron chi connectivity index (χ2n) is 5.60. The lowest BCUT2D eigenvalue weighted by Gasteiger charge is -2.17. The highest BCUT2D eigenvalue weighted by Gasteiger charge is 2.11. The quantitative estimate of drug-likeness (QED) is 0.725. The van der Waals surface area contributed by atoms with Gasteiger partial charge in [-0.3, -0.25) is 14.3 Å². The van der Waals surface area contributed by atoms with E-state index in [0.29, 0.717) is 6.61 Å². The highest BCUT2D eigenvalue weighted by atomic mass is 16.5.